The Kier molecular flexibility index (Phi) is 4.87. The van der Waals surface area contributed by atoms with Gasteiger partial charge in [-0.1, -0.05) is 6.92 Å². The van der Waals surface area contributed by atoms with Crippen LogP contribution in [0.4, 0.5) is 11.4 Å². The van der Waals surface area contributed by atoms with Crippen molar-refractivity contribution in [1.82, 2.24) is 5.32 Å². The van der Waals surface area contributed by atoms with Gasteiger partial charge in [-0.2, -0.15) is 0 Å². The van der Waals surface area contributed by atoms with Crippen LogP contribution in [0, 0.1) is 16.0 Å². The molecule has 8 heteroatoms. The molecule has 3 rings (SSSR count). The normalized spacial score (nSPS) is 22.8. The fourth-order valence-corrected chi connectivity index (χ4v) is 3.30. The number of non-ortho nitro benzene ring substituents is 1. The fourth-order valence-electron chi connectivity index (χ4n) is 3.30. The molecule has 25 heavy (non-hydrogen) atoms. The highest BCUT2D eigenvalue weighted by molar-refractivity contribution is 6.02. The van der Waals surface area contributed by atoms with Gasteiger partial charge in [-0.25, -0.2) is 0 Å². The molecule has 8 nitrogen and oxygen atoms in total. The zero-order valence-electron chi connectivity index (χ0n) is 14.1. The summed E-state index contributed by atoms with van der Waals surface area (Å²) in [4.78, 5) is 36.2. The number of rotatable bonds is 4. The number of nitro benzene ring substituents is 1. The van der Waals surface area contributed by atoms with Crippen LogP contribution in [0.25, 0.3) is 0 Å². The van der Waals surface area contributed by atoms with Crippen LogP contribution >= 0.6 is 0 Å². The number of nitrogens with zero attached hydrogens (tertiary/aromatic N) is 2. The van der Waals surface area contributed by atoms with E-state index in [0.29, 0.717) is 11.7 Å². The van der Waals surface area contributed by atoms with Gasteiger partial charge in [0.15, 0.2) is 6.61 Å². The van der Waals surface area contributed by atoms with E-state index in [0.717, 1.165) is 25.7 Å². The van der Waals surface area contributed by atoms with Gasteiger partial charge in [-0.15, -0.1) is 0 Å². The monoisotopic (exact) mass is 347 g/mol. The summed E-state index contributed by atoms with van der Waals surface area (Å²) in [5.74, 6) is 0.401. The van der Waals surface area contributed by atoms with Gasteiger partial charge in [0.2, 0.25) is 5.91 Å². The Hall–Kier alpha value is -2.64. The molecule has 0 bridgehead atoms. The number of carbonyl (C=O) groups excluding carboxylic acids is 2. The van der Waals surface area contributed by atoms with Crippen LogP contribution in [0.15, 0.2) is 18.2 Å². The zero-order valence-corrected chi connectivity index (χ0v) is 14.1. The number of hydrogen-bond donors (Lipinski definition) is 1. The Bertz CT molecular complexity index is 698. The molecule has 1 aliphatic heterocycles. The maximum Gasteiger partial charge on any atom is 0.271 e. The Balaban J connectivity index is 1.71. The lowest BCUT2D eigenvalue weighted by molar-refractivity contribution is -0.384. The van der Waals surface area contributed by atoms with Gasteiger partial charge in [-0.05, 0) is 37.7 Å². The fraction of sp³-hybridized carbons (Fsp3) is 0.529. The van der Waals surface area contributed by atoms with Gasteiger partial charge in [0, 0.05) is 18.2 Å². The molecular formula is C17H21N3O5. The molecule has 1 aromatic carbocycles. The summed E-state index contributed by atoms with van der Waals surface area (Å²) < 4.78 is 5.30. The van der Waals surface area contributed by atoms with Crippen molar-refractivity contribution in [3.63, 3.8) is 0 Å². The molecule has 1 fully saturated rings. The number of amides is 2. The van der Waals surface area contributed by atoms with Crippen molar-refractivity contribution in [3.8, 4) is 5.75 Å². The molecule has 2 aliphatic rings. The summed E-state index contributed by atoms with van der Waals surface area (Å²) in [6.45, 7) is 1.86. The molecule has 0 saturated heterocycles. The van der Waals surface area contributed by atoms with Gasteiger partial charge < -0.3 is 10.1 Å². The van der Waals surface area contributed by atoms with Gasteiger partial charge in [0.1, 0.15) is 12.3 Å². The minimum atomic E-state index is -0.541. The molecule has 1 saturated carbocycles. The largest absolute Gasteiger partial charge is 0.482 e. The van der Waals surface area contributed by atoms with Crippen molar-refractivity contribution in [2.75, 3.05) is 18.1 Å². The molecule has 0 atom stereocenters. The summed E-state index contributed by atoms with van der Waals surface area (Å²) in [7, 11) is 0. The van der Waals surface area contributed by atoms with Gasteiger partial charge in [0.25, 0.3) is 11.6 Å². The average molecular weight is 347 g/mol. The Morgan fingerprint density at radius 3 is 2.76 bits per heavy atom. The lowest BCUT2D eigenvalue weighted by atomic mass is 9.87. The average Bonchev–Trinajstić information content (AvgIpc) is 2.59. The van der Waals surface area contributed by atoms with E-state index in [2.05, 4.69) is 12.2 Å². The molecule has 134 valence electrons. The standard InChI is InChI=1S/C17H21N3O5/c1-11-2-4-12(5-3-11)18-16(21)9-19-14-8-13(20(23)24)6-7-15(14)25-10-17(19)22/h6-8,11-12H,2-5,9-10H2,1H3,(H,18,21). The van der Waals surface area contributed by atoms with Crippen LogP contribution < -0.4 is 15.0 Å². The molecule has 0 aromatic heterocycles. The highest BCUT2D eigenvalue weighted by atomic mass is 16.6. The van der Waals surface area contributed by atoms with E-state index in [9.17, 15) is 19.7 Å². The number of nitrogens with one attached hydrogen (secondary N) is 1. The molecule has 0 unspecified atom stereocenters. The molecular weight excluding hydrogens is 326 g/mol. The van der Waals surface area contributed by atoms with Gasteiger partial charge in [0.05, 0.1) is 10.6 Å². The lowest BCUT2D eigenvalue weighted by Crippen LogP contribution is -2.47. The predicted molar refractivity (Wildman–Crippen MR) is 90.5 cm³/mol. The lowest BCUT2D eigenvalue weighted by Gasteiger charge is -2.30. The van der Waals surface area contributed by atoms with E-state index in [1.54, 1.807) is 0 Å². The molecule has 0 spiro atoms. The number of carbonyl (C=O) groups is 2. The van der Waals surface area contributed by atoms with Crippen LogP contribution in [-0.2, 0) is 9.59 Å². The number of benzene rings is 1. The van der Waals surface area contributed by atoms with Crippen LogP contribution in [0.2, 0.25) is 0 Å². The first-order valence-electron chi connectivity index (χ1n) is 8.45. The quantitative estimate of drug-likeness (QED) is 0.663. The number of ether oxygens (including phenoxy) is 1. The summed E-state index contributed by atoms with van der Waals surface area (Å²) in [6, 6.07) is 4.16. The summed E-state index contributed by atoms with van der Waals surface area (Å²) >= 11 is 0. The molecule has 1 heterocycles. The van der Waals surface area contributed by atoms with Crippen molar-refractivity contribution in [3.05, 3.63) is 28.3 Å². The van der Waals surface area contributed by atoms with E-state index in [4.69, 9.17) is 4.74 Å². The van der Waals surface area contributed by atoms with Crippen molar-refractivity contribution in [2.24, 2.45) is 5.92 Å². The molecule has 1 aliphatic carbocycles. The maximum absolute atomic E-state index is 12.4. The summed E-state index contributed by atoms with van der Waals surface area (Å²) in [5, 5.41) is 13.9. The third-order valence-corrected chi connectivity index (χ3v) is 4.78. The van der Waals surface area contributed by atoms with Crippen LogP contribution in [0.3, 0.4) is 0 Å². The minimum absolute atomic E-state index is 0.129. The summed E-state index contributed by atoms with van der Waals surface area (Å²) in [6.07, 6.45) is 4.03. The Morgan fingerprint density at radius 1 is 1.36 bits per heavy atom. The number of anilines is 1. The SMILES string of the molecule is CC1CCC(NC(=O)CN2C(=O)COc3ccc([N+](=O)[O-])cc32)CC1. The first-order valence-corrected chi connectivity index (χ1v) is 8.45. The van der Waals surface area contributed by atoms with Crippen molar-refractivity contribution in [2.45, 2.75) is 38.6 Å². The van der Waals surface area contributed by atoms with Crippen LogP contribution in [-0.4, -0.2) is 35.9 Å². The van der Waals surface area contributed by atoms with Crippen LogP contribution in [0.5, 0.6) is 5.75 Å². The van der Waals surface area contributed by atoms with E-state index >= 15 is 0 Å². The van der Waals surface area contributed by atoms with Gasteiger partial charge >= 0.3 is 0 Å². The number of nitro groups is 1. The topological polar surface area (TPSA) is 102 Å². The maximum atomic E-state index is 12.4. The first-order chi connectivity index (χ1) is 11.9. The summed E-state index contributed by atoms with van der Waals surface area (Å²) in [5.41, 5.74) is 0.113. The highest BCUT2D eigenvalue weighted by Gasteiger charge is 2.30. The van der Waals surface area contributed by atoms with E-state index in [-0.39, 0.29) is 42.4 Å². The molecule has 1 N–H and O–H groups in total. The first kappa shape index (κ1) is 17.2. The van der Waals surface area contributed by atoms with Crippen molar-refractivity contribution < 1.29 is 19.2 Å². The number of fused-ring (bicyclic) bond motifs is 1. The second-order valence-electron chi connectivity index (χ2n) is 6.70. The third kappa shape index (κ3) is 3.89. The second-order valence-corrected chi connectivity index (χ2v) is 6.70. The van der Waals surface area contributed by atoms with Gasteiger partial charge in [-0.3, -0.25) is 24.6 Å². The Labute approximate surface area is 145 Å². The van der Waals surface area contributed by atoms with E-state index in [1.165, 1.54) is 23.1 Å². The molecule has 1 aromatic rings. The third-order valence-electron chi connectivity index (χ3n) is 4.78. The minimum Gasteiger partial charge on any atom is -0.482 e. The van der Waals surface area contributed by atoms with Crippen molar-refractivity contribution in [1.29, 1.82) is 0 Å². The Morgan fingerprint density at radius 2 is 2.08 bits per heavy atom. The zero-order chi connectivity index (χ0) is 18.0. The predicted octanol–water partition coefficient (Wildman–Crippen LogP) is 2.02. The molecule has 0 radical (unpaired) electrons. The van der Waals surface area contributed by atoms with Crippen LogP contribution in [0.1, 0.15) is 32.6 Å². The van der Waals surface area contributed by atoms with E-state index < -0.39 is 4.92 Å². The van der Waals surface area contributed by atoms with E-state index in [1.807, 2.05) is 0 Å². The number of hydrogen-bond acceptors (Lipinski definition) is 5. The highest BCUT2D eigenvalue weighted by Crippen LogP contribution is 2.35. The smallest absolute Gasteiger partial charge is 0.271 e. The van der Waals surface area contributed by atoms with Crippen molar-refractivity contribution >= 4 is 23.2 Å². The molecule has 2 amide bonds. The second kappa shape index (κ2) is 7.08.